The summed E-state index contributed by atoms with van der Waals surface area (Å²) in [5.74, 6) is -0.702. The van der Waals surface area contributed by atoms with Crippen molar-refractivity contribution in [3.05, 3.63) is 59.9 Å². The van der Waals surface area contributed by atoms with E-state index >= 15 is 0 Å². The first-order valence-corrected chi connectivity index (χ1v) is 11.8. The van der Waals surface area contributed by atoms with Crippen LogP contribution in [0, 0.1) is 5.82 Å². The number of sulfonamides is 1. The third-order valence-corrected chi connectivity index (χ3v) is 6.35. The lowest BCUT2D eigenvalue weighted by Crippen LogP contribution is -2.46. The number of carbonyl (C=O) groups is 1. The van der Waals surface area contributed by atoms with Gasteiger partial charge in [-0.3, -0.25) is 14.4 Å². The fourth-order valence-corrected chi connectivity index (χ4v) is 4.65. The SMILES string of the molecule is CC1CN(CCCNC(=O)c2ccc(S(=O)(=O)Nc3ccc(F)cc3)cc2)CC(C)O1. The van der Waals surface area contributed by atoms with Gasteiger partial charge in [-0.05, 0) is 68.8 Å². The monoisotopic (exact) mass is 449 g/mol. The fraction of sp³-hybridized carbons (Fsp3) is 0.409. The van der Waals surface area contributed by atoms with Gasteiger partial charge in [-0.1, -0.05) is 0 Å². The summed E-state index contributed by atoms with van der Waals surface area (Å²) in [6.45, 7) is 7.31. The first-order valence-electron chi connectivity index (χ1n) is 10.3. The number of ether oxygens (including phenoxy) is 1. The lowest BCUT2D eigenvalue weighted by molar-refractivity contribution is -0.0680. The molecular weight excluding hydrogens is 421 g/mol. The van der Waals surface area contributed by atoms with Crippen LogP contribution >= 0.6 is 0 Å². The molecule has 0 aromatic heterocycles. The molecule has 0 radical (unpaired) electrons. The number of benzene rings is 2. The van der Waals surface area contributed by atoms with Gasteiger partial charge in [0.2, 0.25) is 0 Å². The molecule has 0 saturated carbocycles. The molecule has 1 heterocycles. The van der Waals surface area contributed by atoms with Crippen molar-refractivity contribution in [1.82, 2.24) is 10.2 Å². The van der Waals surface area contributed by atoms with Gasteiger partial charge in [-0.2, -0.15) is 0 Å². The quantitative estimate of drug-likeness (QED) is 0.605. The lowest BCUT2D eigenvalue weighted by Gasteiger charge is -2.35. The van der Waals surface area contributed by atoms with E-state index in [1.807, 2.05) is 0 Å². The highest BCUT2D eigenvalue weighted by atomic mass is 32.2. The van der Waals surface area contributed by atoms with Crippen LogP contribution in [0.3, 0.4) is 0 Å². The van der Waals surface area contributed by atoms with Gasteiger partial charge >= 0.3 is 0 Å². The van der Waals surface area contributed by atoms with E-state index in [0.29, 0.717) is 12.1 Å². The molecule has 2 N–H and O–H groups in total. The van der Waals surface area contributed by atoms with Crippen LogP contribution in [0.4, 0.5) is 10.1 Å². The van der Waals surface area contributed by atoms with Crippen LogP contribution < -0.4 is 10.0 Å². The second-order valence-corrected chi connectivity index (χ2v) is 9.45. The number of nitrogens with zero attached hydrogens (tertiary/aromatic N) is 1. The zero-order valence-corrected chi connectivity index (χ0v) is 18.5. The fourth-order valence-electron chi connectivity index (χ4n) is 3.59. The number of nitrogens with one attached hydrogen (secondary N) is 2. The number of halogens is 1. The van der Waals surface area contributed by atoms with Crippen LogP contribution in [0.15, 0.2) is 53.4 Å². The second-order valence-electron chi connectivity index (χ2n) is 7.76. The Hall–Kier alpha value is -2.49. The van der Waals surface area contributed by atoms with Crippen molar-refractivity contribution in [3.63, 3.8) is 0 Å². The van der Waals surface area contributed by atoms with Crippen molar-refractivity contribution in [3.8, 4) is 0 Å². The molecule has 1 aliphatic rings. The van der Waals surface area contributed by atoms with Crippen LogP contribution in [0.2, 0.25) is 0 Å². The number of hydrogen-bond donors (Lipinski definition) is 2. The molecule has 1 aliphatic heterocycles. The predicted octanol–water partition coefficient (Wildman–Crippen LogP) is 2.86. The van der Waals surface area contributed by atoms with E-state index in [2.05, 4.69) is 28.8 Å². The molecule has 2 atom stereocenters. The van der Waals surface area contributed by atoms with Gasteiger partial charge < -0.3 is 10.1 Å². The predicted molar refractivity (Wildman–Crippen MR) is 117 cm³/mol. The highest BCUT2D eigenvalue weighted by Crippen LogP contribution is 2.17. The highest BCUT2D eigenvalue weighted by molar-refractivity contribution is 7.92. The summed E-state index contributed by atoms with van der Waals surface area (Å²) in [5, 5.41) is 2.87. The van der Waals surface area contributed by atoms with Crippen molar-refractivity contribution in [2.75, 3.05) is 30.9 Å². The van der Waals surface area contributed by atoms with E-state index < -0.39 is 15.8 Å². The van der Waals surface area contributed by atoms with Gasteiger partial charge in [-0.15, -0.1) is 0 Å². The number of amides is 1. The van der Waals surface area contributed by atoms with Gasteiger partial charge in [0.05, 0.1) is 17.1 Å². The number of anilines is 1. The number of rotatable bonds is 8. The maximum atomic E-state index is 13.0. The largest absolute Gasteiger partial charge is 0.373 e. The van der Waals surface area contributed by atoms with Gasteiger partial charge in [-0.25, -0.2) is 12.8 Å². The molecule has 2 aromatic rings. The third-order valence-electron chi connectivity index (χ3n) is 4.96. The zero-order valence-electron chi connectivity index (χ0n) is 17.7. The second kappa shape index (κ2) is 10.2. The molecule has 168 valence electrons. The molecule has 3 rings (SSSR count). The zero-order chi connectivity index (χ0) is 22.4. The smallest absolute Gasteiger partial charge is 0.261 e. The van der Waals surface area contributed by atoms with E-state index in [9.17, 15) is 17.6 Å². The first kappa shape index (κ1) is 23.2. The molecule has 9 heteroatoms. The van der Waals surface area contributed by atoms with Crippen LogP contribution in [0.25, 0.3) is 0 Å². The molecule has 1 fully saturated rings. The molecule has 1 amide bonds. The first-order chi connectivity index (χ1) is 14.7. The normalized spacial score (nSPS) is 19.7. The topological polar surface area (TPSA) is 87.7 Å². The Kier molecular flexibility index (Phi) is 7.64. The Labute approximate surface area is 182 Å². The average Bonchev–Trinajstić information content (AvgIpc) is 2.72. The summed E-state index contributed by atoms with van der Waals surface area (Å²) in [7, 11) is -3.83. The summed E-state index contributed by atoms with van der Waals surface area (Å²) in [5.41, 5.74) is 0.640. The van der Waals surface area contributed by atoms with Crippen molar-refractivity contribution in [1.29, 1.82) is 0 Å². The number of carbonyl (C=O) groups excluding carboxylic acids is 1. The van der Waals surface area contributed by atoms with Gasteiger partial charge in [0.15, 0.2) is 0 Å². The Balaban J connectivity index is 1.48. The van der Waals surface area contributed by atoms with Gasteiger partial charge in [0.25, 0.3) is 15.9 Å². The molecule has 1 saturated heterocycles. The lowest BCUT2D eigenvalue weighted by atomic mass is 10.2. The molecule has 2 aromatic carbocycles. The summed E-state index contributed by atoms with van der Waals surface area (Å²) >= 11 is 0. The molecule has 0 spiro atoms. The minimum atomic E-state index is -3.83. The summed E-state index contributed by atoms with van der Waals surface area (Å²) in [6, 6.07) is 10.7. The van der Waals surface area contributed by atoms with Crippen molar-refractivity contribution >= 4 is 21.6 Å². The average molecular weight is 450 g/mol. The van der Waals surface area contributed by atoms with Crippen LogP contribution in [-0.2, 0) is 14.8 Å². The number of hydrogen-bond acceptors (Lipinski definition) is 5. The van der Waals surface area contributed by atoms with E-state index in [1.165, 1.54) is 48.5 Å². The summed E-state index contributed by atoms with van der Waals surface area (Å²) in [6.07, 6.45) is 1.25. The van der Waals surface area contributed by atoms with E-state index in [0.717, 1.165) is 26.1 Å². The van der Waals surface area contributed by atoms with Gasteiger partial charge in [0, 0.05) is 37.4 Å². The van der Waals surface area contributed by atoms with E-state index in [-0.39, 0.29) is 28.7 Å². The van der Waals surface area contributed by atoms with E-state index in [1.54, 1.807) is 0 Å². The summed E-state index contributed by atoms with van der Waals surface area (Å²) < 4.78 is 46.0. The van der Waals surface area contributed by atoms with Crippen molar-refractivity contribution < 1.29 is 22.3 Å². The third kappa shape index (κ3) is 6.75. The van der Waals surface area contributed by atoms with E-state index in [4.69, 9.17) is 4.74 Å². The molecular formula is C22H28FN3O4S. The molecule has 0 bridgehead atoms. The van der Waals surface area contributed by atoms with Crippen LogP contribution in [-0.4, -0.2) is 57.6 Å². The number of morpholine rings is 1. The van der Waals surface area contributed by atoms with Crippen molar-refractivity contribution in [2.45, 2.75) is 37.4 Å². The van der Waals surface area contributed by atoms with Crippen LogP contribution in [0.1, 0.15) is 30.6 Å². The highest BCUT2D eigenvalue weighted by Gasteiger charge is 2.21. The minimum Gasteiger partial charge on any atom is -0.373 e. The maximum absolute atomic E-state index is 13.0. The van der Waals surface area contributed by atoms with Gasteiger partial charge in [0.1, 0.15) is 5.82 Å². The van der Waals surface area contributed by atoms with Crippen LogP contribution in [0.5, 0.6) is 0 Å². The standard InChI is InChI=1S/C22H28FN3O4S/c1-16-14-26(15-17(2)30-16)13-3-12-24-22(27)18-4-10-21(11-5-18)31(28,29)25-20-8-6-19(23)7-9-20/h4-11,16-17,25H,3,12-15H2,1-2H3,(H,24,27). The molecule has 7 nitrogen and oxygen atoms in total. The Morgan fingerprint density at radius 3 is 2.29 bits per heavy atom. The van der Waals surface area contributed by atoms with Crippen molar-refractivity contribution in [2.24, 2.45) is 0 Å². The maximum Gasteiger partial charge on any atom is 0.261 e. The Morgan fingerprint density at radius 1 is 1.06 bits per heavy atom. The minimum absolute atomic E-state index is 0.0175. The summed E-state index contributed by atoms with van der Waals surface area (Å²) in [4.78, 5) is 14.7. The Bertz CT molecular complexity index is 971. The molecule has 31 heavy (non-hydrogen) atoms. The molecule has 2 unspecified atom stereocenters. The molecule has 0 aliphatic carbocycles. The Morgan fingerprint density at radius 2 is 1.68 bits per heavy atom.